The minimum Gasteiger partial charge on any atom is -0.412 e. The summed E-state index contributed by atoms with van der Waals surface area (Å²) in [6.45, 7) is 6.68. The standard InChI is InChI=1S/C10H15P.H2O/c1-10(2,3)8-4-6-9(11)7-5-8;/h4-7H,11H2,1-3H3;1H2. The molecule has 0 amide bonds. The molecule has 0 aliphatic heterocycles. The lowest BCUT2D eigenvalue weighted by Gasteiger charge is -2.18. The van der Waals surface area contributed by atoms with Crippen LogP contribution in [0.4, 0.5) is 0 Å². The lowest BCUT2D eigenvalue weighted by Crippen LogP contribution is -2.11. The van der Waals surface area contributed by atoms with Crippen molar-refractivity contribution in [1.82, 2.24) is 0 Å². The van der Waals surface area contributed by atoms with E-state index < -0.39 is 0 Å². The third kappa shape index (κ3) is 2.92. The van der Waals surface area contributed by atoms with E-state index >= 15 is 0 Å². The highest BCUT2D eigenvalue weighted by Crippen LogP contribution is 2.20. The number of rotatable bonds is 0. The van der Waals surface area contributed by atoms with Crippen LogP contribution in [0.3, 0.4) is 0 Å². The van der Waals surface area contributed by atoms with Crippen LogP contribution in [-0.2, 0) is 5.41 Å². The molecule has 0 aliphatic rings. The summed E-state index contributed by atoms with van der Waals surface area (Å²) in [5, 5.41) is 1.25. The molecule has 1 atom stereocenters. The highest BCUT2D eigenvalue weighted by molar-refractivity contribution is 7.27. The zero-order chi connectivity index (χ0) is 8.48. The molecule has 0 spiro atoms. The molecule has 1 unspecified atom stereocenters. The molecule has 68 valence electrons. The van der Waals surface area contributed by atoms with Crippen LogP contribution in [0, 0.1) is 0 Å². The van der Waals surface area contributed by atoms with Crippen molar-refractivity contribution in [2.45, 2.75) is 26.2 Å². The highest BCUT2D eigenvalue weighted by atomic mass is 31.0. The number of hydrogen-bond acceptors (Lipinski definition) is 0. The first-order valence-electron chi connectivity index (χ1n) is 3.86. The van der Waals surface area contributed by atoms with Gasteiger partial charge in [-0.25, -0.2) is 0 Å². The van der Waals surface area contributed by atoms with Gasteiger partial charge in [0.05, 0.1) is 0 Å². The van der Waals surface area contributed by atoms with E-state index in [0.29, 0.717) is 0 Å². The lowest BCUT2D eigenvalue weighted by atomic mass is 9.87. The molecule has 0 saturated carbocycles. The lowest BCUT2D eigenvalue weighted by molar-refractivity contribution is 0.590. The van der Waals surface area contributed by atoms with Gasteiger partial charge in [0.2, 0.25) is 0 Å². The first-order valence-corrected chi connectivity index (χ1v) is 4.44. The summed E-state index contributed by atoms with van der Waals surface area (Å²) in [5.41, 5.74) is 1.67. The molecular formula is C10H17OP. The quantitative estimate of drug-likeness (QED) is 0.549. The van der Waals surface area contributed by atoms with Gasteiger partial charge in [-0.1, -0.05) is 45.0 Å². The van der Waals surface area contributed by atoms with E-state index in [1.807, 2.05) is 0 Å². The molecule has 1 aromatic rings. The first kappa shape index (κ1) is 11.6. The van der Waals surface area contributed by atoms with E-state index in [2.05, 4.69) is 54.3 Å². The maximum atomic E-state index is 2.69. The van der Waals surface area contributed by atoms with E-state index in [-0.39, 0.29) is 10.9 Å². The van der Waals surface area contributed by atoms with Gasteiger partial charge in [-0.15, -0.1) is 9.24 Å². The third-order valence-corrected chi connectivity index (χ3v) is 2.16. The maximum absolute atomic E-state index is 2.69. The molecular weight excluding hydrogens is 167 g/mol. The molecule has 0 saturated heterocycles. The normalized spacial score (nSPS) is 10.7. The Morgan fingerprint density at radius 1 is 1.00 bits per heavy atom. The largest absolute Gasteiger partial charge is 0.412 e. The molecule has 0 aliphatic carbocycles. The van der Waals surface area contributed by atoms with Crippen LogP contribution in [0.1, 0.15) is 26.3 Å². The Kier molecular flexibility index (Phi) is 3.89. The summed E-state index contributed by atoms with van der Waals surface area (Å²) in [5.74, 6) is 0. The fourth-order valence-electron chi connectivity index (χ4n) is 0.983. The molecule has 2 N–H and O–H groups in total. The van der Waals surface area contributed by atoms with Crippen LogP contribution in [0.25, 0.3) is 0 Å². The summed E-state index contributed by atoms with van der Waals surface area (Å²) in [6, 6.07) is 8.63. The van der Waals surface area contributed by atoms with Crippen molar-refractivity contribution in [2.24, 2.45) is 0 Å². The summed E-state index contributed by atoms with van der Waals surface area (Å²) >= 11 is 0. The van der Waals surface area contributed by atoms with Crippen molar-refractivity contribution in [3.8, 4) is 0 Å². The van der Waals surface area contributed by atoms with E-state index in [9.17, 15) is 0 Å². The maximum Gasteiger partial charge on any atom is -0.0132 e. The Labute approximate surface area is 76.7 Å². The van der Waals surface area contributed by atoms with Crippen LogP contribution in [0.5, 0.6) is 0 Å². The highest BCUT2D eigenvalue weighted by Gasteiger charge is 2.11. The molecule has 12 heavy (non-hydrogen) atoms. The summed E-state index contributed by atoms with van der Waals surface area (Å²) in [6.07, 6.45) is 0. The molecule has 0 heterocycles. The average molecular weight is 184 g/mol. The Morgan fingerprint density at radius 2 is 1.42 bits per heavy atom. The fraction of sp³-hybridized carbons (Fsp3) is 0.400. The molecule has 0 aromatic heterocycles. The minimum atomic E-state index is 0. The number of hydrogen-bond donors (Lipinski definition) is 0. The summed E-state index contributed by atoms with van der Waals surface area (Å²) < 4.78 is 0. The Morgan fingerprint density at radius 3 is 1.75 bits per heavy atom. The molecule has 1 nitrogen and oxygen atoms in total. The second-order valence-corrected chi connectivity index (χ2v) is 4.54. The van der Waals surface area contributed by atoms with Gasteiger partial charge in [0.25, 0.3) is 0 Å². The molecule has 0 fully saturated rings. The number of benzene rings is 1. The Bertz CT molecular complexity index is 233. The average Bonchev–Trinajstić information content (AvgIpc) is 1.86. The second kappa shape index (κ2) is 4.02. The van der Waals surface area contributed by atoms with Gasteiger partial charge < -0.3 is 5.48 Å². The first-order chi connectivity index (χ1) is 5.00. The second-order valence-electron chi connectivity index (χ2n) is 3.87. The summed E-state index contributed by atoms with van der Waals surface area (Å²) in [4.78, 5) is 0. The molecule has 0 radical (unpaired) electrons. The molecule has 1 rings (SSSR count). The van der Waals surface area contributed by atoms with E-state index in [4.69, 9.17) is 0 Å². The van der Waals surface area contributed by atoms with Gasteiger partial charge in [0.15, 0.2) is 0 Å². The van der Waals surface area contributed by atoms with E-state index in [0.717, 1.165) is 0 Å². The minimum absolute atomic E-state index is 0. The third-order valence-electron chi connectivity index (χ3n) is 1.78. The van der Waals surface area contributed by atoms with Crippen molar-refractivity contribution < 1.29 is 5.48 Å². The van der Waals surface area contributed by atoms with Gasteiger partial charge >= 0.3 is 0 Å². The van der Waals surface area contributed by atoms with Crippen LogP contribution in [0.15, 0.2) is 24.3 Å². The van der Waals surface area contributed by atoms with Crippen molar-refractivity contribution in [1.29, 1.82) is 0 Å². The van der Waals surface area contributed by atoms with E-state index in [1.165, 1.54) is 10.9 Å². The van der Waals surface area contributed by atoms with Gasteiger partial charge in [-0.2, -0.15) is 0 Å². The predicted octanol–water partition coefficient (Wildman–Crippen LogP) is 1.66. The van der Waals surface area contributed by atoms with Crippen molar-refractivity contribution in [2.75, 3.05) is 0 Å². The molecule has 1 aromatic carbocycles. The Hall–Kier alpha value is -0.390. The van der Waals surface area contributed by atoms with Gasteiger partial charge in [-0.3, -0.25) is 0 Å². The van der Waals surface area contributed by atoms with Crippen molar-refractivity contribution >= 4 is 14.5 Å². The van der Waals surface area contributed by atoms with Crippen molar-refractivity contribution in [3.63, 3.8) is 0 Å². The molecule has 0 bridgehead atoms. The van der Waals surface area contributed by atoms with Gasteiger partial charge in [0.1, 0.15) is 0 Å². The molecule has 2 heteroatoms. The zero-order valence-corrected chi connectivity index (χ0v) is 9.04. The van der Waals surface area contributed by atoms with Crippen LogP contribution in [0.2, 0.25) is 0 Å². The smallest absolute Gasteiger partial charge is 0.0132 e. The monoisotopic (exact) mass is 184 g/mol. The van der Waals surface area contributed by atoms with Crippen LogP contribution < -0.4 is 5.30 Å². The fourth-order valence-corrected chi connectivity index (χ4v) is 1.18. The van der Waals surface area contributed by atoms with E-state index in [1.54, 1.807) is 0 Å². The van der Waals surface area contributed by atoms with Crippen LogP contribution in [-0.4, -0.2) is 5.48 Å². The van der Waals surface area contributed by atoms with Gasteiger partial charge in [0, 0.05) is 0 Å². The van der Waals surface area contributed by atoms with Crippen LogP contribution >= 0.6 is 9.24 Å². The SMILES string of the molecule is CC(C)(C)c1ccc(P)cc1.O. The Balaban J connectivity index is 0.00000121. The summed E-state index contributed by atoms with van der Waals surface area (Å²) in [7, 11) is 2.69. The predicted molar refractivity (Wildman–Crippen MR) is 58.1 cm³/mol. The van der Waals surface area contributed by atoms with Crippen molar-refractivity contribution in [3.05, 3.63) is 29.8 Å². The topological polar surface area (TPSA) is 31.5 Å². The zero-order valence-electron chi connectivity index (χ0n) is 7.89. The van der Waals surface area contributed by atoms with Gasteiger partial charge in [-0.05, 0) is 16.3 Å².